The normalized spacial score (nSPS) is 17.3. The van der Waals surface area contributed by atoms with Crippen molar-refractivity contribution in [3.63, 3.8) is 0 Å². The van der Waals surface area contributed by atoms with Crippen LogP contribution in [0.25, 0.3) is 6.08 Å². The number of rotatable bonds is 4. The van der Waals surface area contributed by atoms with Gasteiger partial charge in [0, 0.05) is 5.69 Å². The molecule has 150 valence electrons. The first-order chi connectivity index (χ1) is 13.8. The van der Waals surface area contributed by atoms with Crippen LogP contribution < -0.4 is 14.8 Å². The average molecular weight is 422 g/mol. The minimum atomic E-state index is -4.48. The zero-order valence-corrected chi connectivity index (χ0v) is 15.5. The molecule has 0 saturated carbocycles. The Kier molecular flexibility index (Phi) is 4.87. The first-order valence-electron chi connectivity index (χ1n) is 8.37. The highest BCUT2D eigenvalue weighted by Gasteiger charge is 2.35. The molecule has 2 aliphatic rings. The summed E-state index contributed by atoms with van der Waals surface area (Å²) in [6.45, 7) is -0.124. The Morgan fingerprint density at radius 1 is 1.10 bits per heavy atom. The number of alkyl halides is 3. The summed E-state index contributed by atoms with van der Waals surface area (Å²) in [5.74, 6) is 0.613. The molecule has 0 unspecified atom stereocenters. The third-order valence-corrected chi connectivity index (χ3v) is 5.11. The number of carbonyl (C=O) groups excluding carboxylic acids is 2. The second kappa shape index (κ2) is 7.36. The van der Waals surface area contributed by atoms with E-state index in [0.717, 1.165) is 28.8 Å². The summed E-state index contributed by atoms with van der Waals surface area (Å²) in [5, 5.41) is 2.17. The minimum absolute atomic E-state index is 0.122. The fourth-order valence-electron chi connectivity index (χ4n) is 2.77. The second-order valence-electron chi connectivity index (χ2n) is 6.14. The van der Waals surface area contributed by atoms with E-state index < -0.39 is 22.9 Å². The molecule has 6 nitrogen and oxygen atoms in total. The number of imide groups is 1. The lowest BCUT2D eigenvalue weighted by atomic mass is 10.2. The molecule has 0 bridgehead atoms. The fourth-order valence-corrected chi connectivity index (χ4v) is 3.60. The van der Waals surface area contributed by atoms with Crippen LogP contribution >= 0.6 is 11.8 Å². The number of nitrogens with one attached hydrogen (secondary N) is 1. The Morgan fingerprint density at radius 2 is 1.90 bits per heavy atom. The van der Waals surface area contributed by atoms with Gasteiger partial charge in [-0.15, -0.1) is 0 Å². The molecule has 4 rings (SSSR count). The van der Waals surface area contributed by atoms with Crippen LogP contribution in [0.2, 0.25) is 0 Å². The summed E-state index contributed by atoms with van der Waals surface area (Å²) < 4.78 is 48.9. The Hall–Kier alpha value is -3.14. The maximum absolute atomic E-state index is 12.8. The average Bonchev–Trinajstić information content (AvgIpc) is 3.24. The van der Waals surface area contributed by atoms with Crippen molar-refractivity contribution in [3.8, 4) is 11.5 Å². The second-order valence-corrected chi connectivity index (χ2v) is 7.13. The molecule has 0 aliphatic carbocycles. The summed E-state index contributed by atoms with van der Waals surface area (Å²) in [4.78, 5) is 25.9. The van der Waals surface area contributed by atoms with Gasteiger partial charge in [0.2, 0.25) is 6.79 Å². The van der Waals surface area contributed by atoms with E-state index in [1.807, 2.05) is 0 Å². The zero-order valence-electron chi connectivity index (χ0n) is 14.7. The van der Waals surface area contributed by atoms with Gasteiger partial charge in [0.1, 0.15) is 0 Å². The van der Waals surface area contributed by atoms with Crippen LogP contribution in [0.4, 0.5) is 23.7 Å². The van der Waals surface area contributed by atoms with Gasteiger partial charge in [-0.3, -0.25) is 14.5 Å². The molecule has 2 aromatic carbocycles. The molecule has 2 aromatic rings. The van der Waals surface area contributed by atoms with Crippen LogP contribution in [0.5, 0.6) is 11.5 Å². The quantitative estimate of drug-likeness (QED) is 0.730. The van der Waals surface area contributed by atoms with Gasteiger partial charge in [0.25, 0.3) is 11.1 Å². The third kappa shape index (κ3) is 4.02. The van der Waals surface area contributed by atoms with Gasteiger partial charge >= 0.3 is 6.18 Å². The first kappa shape index (κ1) is 19.2. The van der Waals surface area contributed by atoms with Crippen molar-refractivity contribution in [2.75, 3.05) is 18.8 Å². The molecule has 1 fully saturated rings. The first-order valence-corrected chi connectivity index (χ1v) is 9.19. The molecule has 2 aliphatic heterocycles. The van der Waals surface area contributed by atoms with Gasteiger partial charge in [-0.1, -0.05) is 12.1 Å². The van der Waals surface area contributed by atoms with Crippen molar-refractivity contribution in [1.82, 2.24) is 4.90 Å². The molecule has 2 heterocycles. The number of anilines is 1. The van der Waals surface area contributed by atoms with Gasteiger partial charge in [-0.25, -0.2) is 0 Å². The molecule has 29 heavy (non-hydrogen) atoms. The number of amides is 2. The molecule has 0 radical (unpaired) electrons. The molecular formula is C19H13F3N2O4S. The molecule has 0 spiro atoms. The molecule has 1 saturated heterocycles. The highest BCUT2D eigenvalue weighted by Crippen LogP contribution is 2.36. The highest BCUT2D eigenvalue weighted by atomic mass is 32.2. The van der Waals surface area contributed by atoms with E-state index in [4.69, 9.17) is 9.47 Å². The predicted molar refractivity (Wildman–Crippen MR) is 100 cm³/mol. The molecular weight excluding hydrogens is 409 g/mol. The van der Waals surface area contributed by atoms with Crippen LogP contribution in [0, 0.1) is 0 Å². The number of hydrogen-bond acceptors (Lipinski definition) is 6. The topological polar surface area (TPSA) is 67.9 Å². The zero-order chi connectivity index (χ0) is 20.6. The number of ether oxygens (including phenoxy) is 2. The lowest BCUT2D eigenvalue weighted by Gasteiger charge is -2.15. The predicted octanol–water partition coefficient (Wildman–Crippen LogP) is 4.54. The van der Waals surface area contributed by atoms with Crippen LogP contribution in [0.15, 0.2) is 47.4 Å². The van der Waals surface area contributed by atoms with Gasteiger partial charge in [0.05, 0.1) is 17.1 Å². The van der Waals surface area contributed by atoms with E-state index in [1.165, 1.54) is 12.1 Å². The van der Waals surface area contributed by atoms with Crippen LogP contribution in [0.1, 0.15) is 11.1 Å². The van der Waals surface area contributed by atoms with Crippen molar-refractivity contribution < 1.29 is 32.2 Å². The van der Waals surface area contributed by atoms with Gasteiger partial charge in [-0.05, 0) is 53.7 Å². The summed E-state index contributed by atoms with van der Waals surface area (Å²) >= 11 is 0.759. The molecule has 1 N–H and O–H groups in total. The summed E-state index contributed by atoms with van der Waals surface area (Å²) in [6.07, 6.45) is -2.93. The lowest BCUT2D eigenvalue weighted by Crippen LogP contribution is -2.33. The number of benzene rings is 2. The monoisotopic (exact) mass is 422 g/mol. The van der Waals surface area contributed by atoms with Crippen molar-refractivity contribution in [3.05, 3.63) is 58.5 Å². The molecule has 10 heteroatoms. The number of hydrogen-bond donors (Lipinski definition) is 1. The maximum atomic E-state index is 12.8. The highest BCUT2D eigenvalue weighted by molar-refractivity contribution is 8.18. The SMILES string of the molecule is O=C1S/C(=C/c2ccc3c(c2)OCO3)C(=O)N1CNc1cccc(C(F)(F)F)c1. The molecule has 2 amide bonds. The van der Waals surface area contributed by atoms with E-state index >= 15 is 0 Å². The number of halogens is 3. The van der Waals surface area contributed by atoms with Gasteiger partial charge in [-0.2, -0.15) is 13.2 Å². The summed E-state index contributed by atoms with van der Waals surface area (Å²) in [5.41, 5.74) is -0.0106. The Balaban J connectivity index is 1.46. The Morgan fingerprint density at radius 3 is 2.69 bits per heavy atom. The fraction of sp³-hybridized carbons (Fsp3) is 0.158. The number of thioether (sulfide) groups is 1. The largest absolute Gasteiger partial charge is 0.454 e. The standard InChI is InChI=1S/C19H13F3N2O4S/c20-19(21,22)12-2-1-3-13(8-12)23-9-24-17(25)16(29-18(24)26)7-11-4-5-14-15(6-11)28-10-27-14/h1-8,23H,9-10H2/b16-7+. The number of fused-ring (bicyclic) bond motifs is 1. The van der Waals surface area contributed by atoms with E-state index in [1.54, 1.807) is 24.3 Å². The molecule has 0 atom stereocenters. The maximum Gasteiger partial charge on any atom is 0.416 e. The smallest absolute Gasteiger partial charge is 0.416 e. The number of nitrogens with zero attached hydrogens (tertiary/aromatic N) is 1. The van der Waals surface area contributed by atoms with Crippen molar-refractivity contribution in [2.45, 2.75) is 6.18 Å². The van der Waals surface area contributed by atoms with E-state index in [-0.39, 0.29) is 24.1 Å². The van der Waals surface area contributed by atoms with Crippen LogP contribution in [0.3, 0.4) is 0 Å². The summed E-state index contributed by atoms with van der Waals surface area (Å²) in [6, 6.07) is 9.66. The summed E-state index contributed by atoms with van der Waals surface area (Å²) in [7, 11) is 0. The lowest BCUT2D eigenvalue weighted by molar-refractivity contribution is -0.137. The van der Waals surface area contributed by atoms with Crippen molar-refractivity contribution >= 4 is 34.7 Å². The van der Waals surface area contributed by atoms with Crippen molar-refractivity contribution in [2.24, 2.45) is 0 Å². The third-order valence-electron chi connectivity index (χ3n) is 4.20. The van der Waals surface area contributed by atoms with Crippen LogP contribution in [-0.2, 0) is 11.0 Å². The molecule has 0 aromatic heterocycles. The number of carbonyl (C=O) groups is 2. The minimum Gasteiger partial charge on any atom is -0.454 e. The van der Waals surface area contributed by atoms with E-state index in [2.05, 4.69) is 5.32 Å². The van der Waals surface area contributed by atoms with Crippen molar-refractivity contribution in [1.29, 1.82) is 0 Å². The van der Waals surface area contributed by atoms with Gasteiger partial charge < -0.3 is 14.8 Å². The Labute approximate surface area is 167 Å². The Bertz CT molecular complexity index is 1020. The van der Waals surface area contributed by atoms with E-state index in [9.17, 15) is 22.8 Å². The van der Waals surface area contributed by atoms with Crippen LogP contribution in [-0.4, -0.2) is 29.5 Å². The van der Waals surface area contributed by atoms with Gasteiger partial charge in [0.15, 0.2) is 11.5 Å². The van der Waals surface area contributed by atoms with E-state index in [0.29, 0.717) is 17.1 Å².